The first-order chi connectivity index (χ1) is 12.6. The Labute approximate surface area is 149 Å². The molecule has 1 aromatic heterocycles. The fraction of sp³-hybridized carbons (Fsp3) is 0.412. The summed E-state index contributed by atoms with van der Waals surface area (Å²) in [6.45, 7) is 4.02. The molecule has 0 saturated carbocycles. The van der Waals surface area contributed by atoms with Crippen LogP contribution in [0.2, 0.25) is 0 Å². The normalized spacial score (nSPS) is 19.2. The predicted molar refractivity (Wildman–Crippen MR) is 92.6 cm³/mol. The van der Waals surface area contributed by atoms with Crippen LogP contribution in [-0.4, -0.2) is 78.1 Å². The van der Waals surface area contributed by atoms with Gasteiger partial charge in [0.2, 0.25) is 12.3 Å². The van der Waals surface area contributed by atoms with Gasteiger partial charge in [-0.1, -0.05) is 0 Å². The number of nitrogens with zero attached hydrogens (tertiary/aromatic N) is 6. The van der Waals surface area contributed by atoms with E-state index in [1.807, 2.05) is 0 Å². The van der Waals surface area contributed by atoms with Gasteiger partial charge in [-0.3, -0.25) is 19.6 Å². The topological polar surface area (TPSA) is 78.1 Å². The summed E-state index contributed by atoms with van der Waals surface area (Å²) in [5, 5.41) is 7.53. The van der Waals surface area contributed by atoms with Crippen LogP contribution in [0.5, 0.6) is 0 Å². The van der Waals surface area contributed by atoms with Gasteiger partial charge in [-0.2, -0.15) is 0 Å². The molecule has 3 heterocycles. The molecule has 1 aromatic carbocycles. The number of piperazine rings is 1. The lowest BCUT2D eigenvalue weighted by Crippen LogP contribution is -2.50. The average Bonchev–Trinajstić information content (AvgIpc) is 3.12. The average molecular weight is 358 g/mol. The van der Waals surface area contributed by atoms with Crippen molar-refractivity contribution < 1.29 is 13.6 Å². The molecule has 2 aliphatic heterocycles. The zero-order chi connectivity index (χ0) is 18.1. The van der Waals surface area contributed by atoms with Crippen LogP contribution in [-0.2, 0) is 4.79 Å². The molecule has 136 valence electrons. The Morgan fingerprint density at radius 2 is 2.04 bits per heavy atom. The first-order valence-corrected chi connectivity index (χ1v) is 8.44. The number of likely N-dealkylation sites (N-methyl/N-ethyl adjacent to an activating group) is 1. The van der Waals surface area contributed by atoms with Gasteiger partial charge in [-0.05, 0) is 25.2 Å². The van der Waals surface area contributed by atoms with E-state index in [1.165, 1.54) is 18.5 Å². The largest absolute Gasteiger partial charge is 0.422 e. The summed E-state index contributed by atoms with van der Waals surface area (Å²) in [5.74, 6) is -0.387. The van der Waals surface area contributed by atoms with Gasteiger partial charge in [-0.25, -0.2) is 4.39 Å². The van der Waals surface area contributed by atoms with Crippen molar-refractivity contribution in [3.8, 4) is 0 Å². The second kappa shape index (κ2) is 6.93. The van der Waals surface area contributed by atoms with Crippen molar-refractivity contribution in [3.05, 3.63) is 41.9 Å². The van der Waals surface area contributed by atoms with Gasteiger partial charge in [0, 0.05) is 31.7 Å². The van der Waals surface area contributed by atoms with Gasteiger partial charge >= 0.3 is 0 Å². The lowest BCUT2D eigenvalue weighted by molar-refractivity contribution is -0.117. The van der Waals surface area contributed by atoms with Crippen LogP contribution in [0, 0.1) is 5.82 Å². The summed E-state index contributed by atoms with van der Waals surface area (Å²) >= 11 is 0. The predicted octanol–water partition coefficient (Wildman–Crippen LogP) is 0.598. The van der Waals surface area contributed by atoms with Crippen molar-refractivity contribution in [2.75, 3.05) is 51.3 Å². The van der Waals surface area contributed by atoms with Gasteiger partial charge in [-0.15, -0.1) is 10.2 Å². The van der Waals surface area contributed by atoms with Gasteiger partial charge < -0.3 is 9.32 Å². The van der Waals surface area contributed by atoms with Crippen LogP contribution in [0.15, 0.2) is 34.0 Å². The van der Waals surface area contributed by atoms with Crippen molar-refractivity contribution in [2.45, 2.75) is 0 Å². The lowest BCUT2D eigenvalue weighted by Gasteiger charge is -2.36. The van der Waals surface area contributed by atoms with Crippen molar-refractivity contribution in [1.29, 1.82) is 0 Å². The number of benzodiazepines with no additional fused rings is 1. The third-order valence-corrected chi connectivity index (χ3v) is 4.68. The SMILES string of the molecule is CN1CCN(CN2C(=O)CN=C(c3nnco3)c3cc(F)ccc32)CC1. The number of carbonyl (C=O) groups is 1. The molecule has 0 atom stereocenters. The lowest BCUT2D eigenvalue weighted by atomic mass is 10.1. The van der Waals surface area contributed by atoms with Crippen LogP contribution >= 0.6 is 0 Å². The summed E-state index contributed by atoms with van der Waals surface area (Å²) in [6.07, 6.45) is 1.19. The highest BCUT2D eigenvalue weighted by Crippen LogP contribution is 2.27. The number of hydrogen-bond acceptors (Lipinski definition) is 7. The van der Waals surface area contributed by atoms with Gasteiger partial charge in [0.05, 0.1) is 12.4 Å². The number of aromatic nitrogens is 2. The van der Waals surface area contributed by atoms with Crippen molar-refractivity contribution in [1.82, 2.24) is 20.0 Å². The minimum atomic E-state index is -0.412. The number of amides is 1. The number of anilines is 1. The summed E-state index contributed by atoms with van der Waals surface area (Å²) in [5.41, 5.74) is 1.42. The highest BCUT2D eigenvalue weighted by atomic mass is 19.1. The molecule has 0 aliphatic carbocycles. The van der Waals surface area contributed by atoms with E-state index in [4.69, 9.17) is 4.42 Å². The Morgan fingerprint density at radius 3 is 2.77 bits per heavy atom. The molecular formula is C17H19FN6O2. The first kappa shape index (κ1) is 16.8. The Morgan fingerprint density at radius 1 is 1.23 bits per heavy atom. The number of rotatable bonds is 3. The highest BCUT2D eigenvalue weighted by Gasteiger charge is 2.29. The summed E-state index contributed by atoms with van der Waals surface area (Å²) in [4.78, 5) is 23.2. The Hall–Kier alpha value is -2.65. The third kappa shape index (κ3) is 3.23. The van der Waals surface area contributed by atoms with Crippen LogP contribution < -0.4 is 4.90 Å². The molecule has 1 amide bonds. The van der Waals surface area contributed by atoms with Crippen molar-refractivity contribution in [2.24, 2.45) is 4.99 Å². The molecule has 2 aromatic rings. The van der Waals surface area contributed by atoms with Crippen LogP contribution in [0.3, 0.4) is 0 Å². The number of benzene rings is 1. The van der Waals surface area contributed by atoms with Crippen molar-refractivity contribution >= 4 is 17.3 Å². The van der Waals surface area contributed by atoms with E-state index in [1.54, 1.807) is 11.0 Å². The minimum absolute atomic E-state index is 0.0538. The van der Waals surface area contributed by atoms with Crippen LogP contribution in [0.1, 0.15) is 11.5 Å². The van der Waals surface area contributed by atoms with E-state index in [0.29, 0.717) is 23.6 Å². The number of hydrogen-bond donors (Lipinski definition) is 0. The molecule has 8 nitrogen and oxygen atoms in total. The Balaban J connectivity index is 1.70. The number of carbonyl (C=O) groups excluding carboxylic acids is 1. The Bertz CT molecular complexity index is 830. The second-order valence-electron chi connectivity index (χ2n) is 6.45. The molecule has 9 heteroatoms. The zero-order valence-electron chi connectivity index (χ0n) is 14.4. The quantitative estimate of drug-likeness (QED) is 0.800. The molecule has 0 N–H and O–H groups in total. The zero-order valence-corrected chi connectivity index (χ0v) is 14.4. The minimum Gasteiger partial charge on any atom is -0.422 e. The summed E-state index contributed by atoms with van der Waals surface area (Å²) in [7, 11) is 2.08. The number of fused-ring (bicyclic) bond motifs is 1. The third-order valence-electron chi connectivity index (χ3n) is 4.68. The maximum Gasteiger partial charge on any atom is 0.266 e. The molecule has 1 fully saturated rings. The van der Waals surface area contributed by atoms with Gasteiger partial charge in [0.25, 0.3) is 5.89 Å². The molecule has 26 heavy (non-hydrogen) atoms. The Kier molecular flexibility index (Phi) is 4.48. The van der Waals surface area contributed by atoms with Gasteiger partial charge in [0.1, 0.15) is 18.1 Å². The fourth-order valence-corrected chi connectivity index (χ4v) is 3.19. The highest BCUT2D eigenvalue weighted by molar-refractivity contribution is 6.17. The van der Waals surface area contributed by atoms with Gasteiger partial charge in [0.15, 0.2) is 0 Å². The van der Waals surface area contributed by atoms with E-state index < -0.39 is 5.82 Å². The number of aliphatic imine (C=N–C) groups is 1. The molecule has 4 rings (SSSR count). The first-order valence-electron chi connectivity index (χ1n) is 8.44. The van der Waals surface area contributed by atoms with E-state index >= 15 is 0 Å². The van der Waals surface area contributed by atoms with E-state index in [9.17, 15) is 9.18 Å². The summed E-state index contributed by atoms with van der Waals surface area (Å²) < 4.78 is 19.2. The maximum atomic E-state index is 13.9. The van der Waals surface area contributed by atoms with Crippen LogP contribution in [0.4, 0.5) is 10.1 Å². The van der Waals surface area contributed by atoms with E-state index in [2.05, 4.69) is 32.0 Å². The summed E-state index contributed by atoms with van der Waals surface area (Å²) in [6, 6.07) is 4.31. The van der Waals surface area contributed by atoms with Crippen molar-refractivity contribution in [3.63, 3.8) is 0 Å². The monoisotopic (exact) mass is 358 g/mol. The van der Waals surface area contributed by atoms with E-state index in [-0.39, 0.29) is 18.3 Å². The number of halogens is 1. The molecule has 2 aliphatic rings. The molecule has 0 spiro atoms. The van der Waals surface area contributed by atoms with Crippen LogP contribution in [0.25, 0.3) is 0 Å². The second-order valence-corrected chi connectivity index (χ2v) is 6.45. The fourth-order valence-electron chi connectivity index (χ4n) is 3.19. The molecule has 1 saturated heterocycles. The standard InChI is InChI=1S/C17H19FN6O2/c1-22-4-6-23(7-5-22)11-24-14-3-2-12(18)8-13(14)16(19-9-15(24)25)17-21-20-10-26-17/h2-3,8,10H,4-7,9,11H2,1H3. The smallest absolute Gasteiger partial charge is 0.266 e. The maximum absolute atomic E-state index is 13.9. The van der Waals surface area contributed by atoms with E-state index in [0.717, 1.165) is 26.2 Å². The molecule has 0 unspecified atom stereocenters. The molecule has 0 bridgehead atoms. The molecule has 0 radical (unpaired) electrons. The molecular weight excluding hydrogens is 339 g/mol.